The highest BCUT2D eigenvalue weighted by molar-refractivity contribution is 6.33. The standard InChI is InChI=1S/C14H15ClN4/c1-4-5-11-17-9(3)12-13(15)18-10-7-6-8(2)16-14(10)19(11)12/h6-7H,4-5H2,1-3H3. The van der Waals surface area contributed by atoms with E-state index >= 15 is 0 Å². The van der Waals surface area contributed by atoms with Crippen LogP contribution in [0, 0.1) is 13.8 Å². The minimum absolute atomic E-state index is 0.491. The van der Waals surface area contributed by atoms with Crippen molar-refractivity contribution in [3.05, 3.63) is 34.5 Å². The smallest absolute Gasteiger partial charge is 0.165 e. The molecule has 0 bridgehead atoms. The number of nitrogens with zero attached hydrogens (tertiary/aromatic N) is 4. The van der Waals surface area contributed by atoms with Gasteiger partial charge in [0.25, 0.3) is 0 Å². The van der Waals surface area contributed by atoms with Gasteiger partial charge in [0.1, 0.15) is 16.9 Å². The molecule has 0 aliphatic rings. The van der Waals surface area contributed by atoms with Gasteiger partial charge in [0.15, 0.2) is 10.8 Å². The summed E-state index contributed by atoms with van der Waals surface area (Å²) < 4.78 is 2.05. The molecule has 0 atom stereocenters. The van der Waals surface area contributed by atoms with Crippen molar-refractivity contribution in [3.63, 3.8) is 0 Å². The van der Waals surface area contributed by atoms with Gasteiger partial charge in [0, 0.05) is 12.1 Å². The molecule has 0 N–H and O–H groups in total. The minimum atomic E-state index is 0.491. The van der Waals surface area contributed by atoms with E-state index in [1.807, 2.05) is 26.0 Å². The summed E-state index contributed by atoms with van der Waals surface area (Å²) >= 11 is 6.29. The Kier molecular flexibility index (Phi) is 2.90. The maximum Gasteiger partial charge on any atom is 0.165 e. The molecule has 3 aromatic heterocycles. The molecule has 19 heavy (non-hydrogen) atoms. The highest BCUT2D eigenvalue weighted by Crippen LogP contribution is 2.25. The Morgan fingerprint density at radius 1 is 1.16 bits per heavy atom. The second-order valence-corrected chi connectivity index (χ2v) is 5.10. The number of aryl methyl sites for hydroxylation is 3. The first kappa shape index (κ1) is 12.4. The number of halogens is 1. The number of aromatic nitrogens is 4. The van der Waals surface area contributed by atoms with Crippen molar-refractivity contribution in [2.75, 3.05) is 0 Å². The van der Waals surface area contributed by atoms with E-state index in [-0.39, 0.29) is 0 Å². The second kappa shape index (κ2) is 4.46. The molecule has 0 amide bonds. The SMILES string of the molecule is CCCc1nc(C)c2c(Cl)nc3ccc(C)nc3n12. The third kappa shape index (κ3) is 1.87. The molecule has 0 saturated heterocycles. The first-order chi connectivity index (χ1) is 9.11. The molecule has 3 aromatic rings. The van der Waals surface area contributed by atoms with E-state index in [0.717, 1.165) is 46.7 Å². The van der Waals surface area contributed by atoms with Crippen molar-refractivity contribution in [2.24, 2.45) is 0 Å². The van der Waals surface area contributed by atoms with Gasteiger partial charge in [0.05, 0.1) is 5.69 Å². The summed E-state index contributed by atoms with van der Waals surface area (Å²) in [7, 11) is 0. The van der Waals surface area contributed by atoms with Gasteiger partial charge in [-0.3, -0.25) is 4.40 Å². The Labute approximate surface area is 116 Å². The fourth-order valence-electron chi connectivity index (χ4n) is 2.39. The number of hydrogen-bond acceptors (Lipinski definition) is 3. The molecule has 0 spiro atoms. The Balaban J connectivity index is 2.52. The largest absolute Gasteiger partial charge is 0.276 e. The van der Waals surface area contributed by atoms with Gasteiger partial charge < -0.3 is 0 Å². The van der Waals surface area contributed by atoms with Gasteiger partial charge in [-0.2, -0.15) is 0 Å². The van der Waals surface area contributed by atoms with Crippen LogP contribution >= 0.6 is 11.6 Å². The Hall–Kier alpha value is -1.68. The van der Waals surface area contributed by atoms with Gasteiger partial charge >= 0.3 is 0 Å². The number of hydrogen-bond donors (Lipinski definition) is 0. The molecule has 0 fully saturated rings. The topological polar surface area (TPSA) is 43.1 Å². The fourth-order valence-corrected chi connectivity index (χ4v) is 2.71. The normalized spacial score (nSPS) is 11.6. The van der Waals surface area contributed by atoms with E-state index in [2.05, 4.69) is 26.3 Å². The van der Waals surface area contributed by atoms with E-state index in [1.54, 1.807) is 0 Å². The zero-order chi connectivity index (χ0) is 13.6. The lowest BCUT2D eigenvalue weighted by Crippen LogP contribution is -2.01. The molecule has 0 aliphatic carbocycles. The zero-order valence-corrected chi connectivity index (χ0v) is 12.0. The van der Waals surface area contributed by atoms with Crippen LogP contribution in [0.3, 0.4) is 0 Å². The number of rotatable bonds is 2. The predicted molar refractivity (Wildman–Crippen MR) is 76.8 cm³/mol. The lowest BCUT2D eigenvalue weighted by atomic mass is 10.3. The quantitative estimate of drug-likeness (QED) is 0.718. The Morgan fingerprint density at radius 3 is 2.68 bits per heavy atom. The van der Waals surface area contributed by atoms with E-state index in [0.29, 0.717) is 5.15 Å². The summed E-state index contributed by atoms with van der Waals surface area (Å²) in [6.45, 7) is 6.08. The average Bonchev–Trinajstić information content (AvgIpc) is 2.69. The van der Waals surface area contributed by atoms with Gasteiger partial charge in [-0.05, 0) is 32.4 Å². The third-order valence-electron chi connectivity index (χ3n) is 3.21. The van der Waals surface area contributed by atoms with Crippen molar-refractivity contribution in [1.82, 2.24) is 19.4 Å². The molecular weight excluding hydrogens is 260 g/mol. The van der Waals surface area contributed by atoms with Crippen LogP contribution in [0.2, 0.25) is 5.15 Å². The van der Waals surface area contributed by atoms with Crippen molar-refractivity contribution < 1.29 is 0 Å². The summed E-state index contributed by atoms with van der Waals surface area (Å²) in [6, 6.07) is 3.90. The molecule has 0 aliphatic heterocycles. The summed E-state index contributed by atoms with van der Waals surface area (Å²) in [4.78, 5) is 13.6. The third-order valence-corrected chi connectivity index (χ3v) is 3.48. The lowest BCUT2D eigenvalue weighted by Gasteiger charge is -2.06. The molecule has 5 heteroatoms. The predicted octanol–water partition coefficient (Wildman–Crippen LogP) is 3.50. The minimum Gasteiger partial charge on any atom is -0.276 e. The lowest BCUT2D eigenvalue weighted by molar-refractivity contribution is 0.832. The van der Waals surface area contributed by atoms with Gasteiger partial charge in [-0.1, -0.05) is 18.5 Å². The van der Waals surface area contributed by atoms with Crippen LogP contribution in [0.1, 0.15) is 30.6 Å². The van der Waals surface area contributed by atoms with E-state index in [1.165, 1.54) is 0 Å². The van der Waals surface area contributed by atoms with Crippen molar-refractivity contribution in [3.8, 4) is 0 Å². The van der Waals surface area contributed by atoms with Crippen LogP contribution in [-0.4, -0.2) is 19.4 Å². The van der Waals surface area contributed by atoms with Crippen LogP contribution in [0.15, 0.2) is 12.1 Å². The molecular formula is C14H15ClN4. The second-order valence-electron chi connectivity index (χ2n) is 4.75. The molecule has 3 rings (SSSR count). The summed E-state index contributed by atoms with van der Waals surface area (Å²) in [6.07, 6.45) is 1.94. The summed E-state index contributed by atoms with van der Waals surface area (Å²) in [5.74, 6) is 1.00. The fraction of sp³-hybridized carbons (Fsp3) is 0.357. The molecule has 0 radical (unpaired) electrons. The zero-order valence-electron chi connectivity index (χ0n) is 11.2. The first-order valence-electron chi connectivity index (χ1n) is 6.42. The van der Waals surface area contributed by atoms with Gasteiger partial charge in [0.2, 0.25) is 0 Å². The van der Waals surface area contributed by atoms with E-state index < -0.39 is 0 Å². The molecule has 3 heterocycles. The molecule has 0 aromatic carbocycles. The average molecular weight is 275 g/mol. The van der Waals surface area contributed by atoms with Crippen molar-refractivity contribution >= 4 is 28.3 Å². The van der Waals surface area contributed by atoms with E-state index in [4.69, 9.17) is 11.6 Å². The summed E-state index contributed by atoms with van der Waals surface area (Å²) in [5.41, 5.74) is 4.38. The monoisotopic (exact) mass is 274 g/mol. The molecule has 0 unspecified atom stereocenters. The molecule has 0 saturated carbocycles. The van der Waals surface area contributed by atoms with E-state index in [9.17, 15) is 0 Å². The van der Waals surface area contributed by atoms with Gasteiger partial charge in [-0.25, -0.2) is 15.0 Å². The maximum absolute atomic E-state index is 6.29. The Bertz CT molecular complexity index is 776. The summed E-state index contributed by atoms with van der Waals surface area (Å²) in [5, 5.41) is 0.491. The van der Waals surface area contributed by atoms with Crippen LogP contribution in [0.4, 0.5) is 0 Å². The number of pyridine rings is 1. The van der Waals surface area contributed by atoms with Crippen molar-refractivity contribution in [2.45, 2.75) is 33.6 Å². The number of imidazole rings is 1. The maximum atomic E-state index is 6.29. The molecule has 4 nitrogen and oxygen atoms in total. The van der Waals surface area contributed by atoms with Crippen LogP contribution in [0.5, 0.6) is 0 Å². The van der Waals surface area contributed by atoms with Gasteiger partial charge in [-0.15, -0.1) is 0 Å². The van der Waals surface area contributed by atoms with Crippen LogP contribution in [-0.2, 0) is 6.42 Å². The van der Waals surface area contributed by atoms with Crippen molar-refractivity contribution in [1.29, 1.82) is 0 Å². The highest BCUT2D eigenvalue weighted by atomic mass is 35.5. The molecule has 98 valence electrons. The Morgan fingerprint density at radius 2 is 1.95 bits per heavy atom. The van der Waals surface area contributed by atoms with Crippen LogP contribution in [0.25, 0.3) is 16.7 Å². The van der Waals surface area contributed by atoms with Crippen LogP contribution < -0.4 is 0 Å². The first-order valence-corrected chi connectivity index (χ1v) is 6.80. The highest BCUT2D eigenvalue weighted by Gasteiger charge is 2.15. The number of fused-ring (bicyclic) bond motifs is 3.